The molecule has 28 heavy (non-hydrogen) atoms. The third-order valence-corrected chi connectivity index (χ3v) is 6.88. The maximum atomic E-state index is 12.6. The van der Waals surface area contributed by atoms with Crippen molar-refractivity contribution in [2.45, 2.75) is 31.3 Å². The van der Waals surface area contributed by atoms with Gasteiger partial charge in [-0.2, -0.15) is 0 Å². The predicted octanol–water partition coefficient (Wildman–Crippen LogP) is 3.85. The molecule has 0 saturated heterocycles. The molecule has 0 bridgehead atoms. The van der Waals surface area contributed by atoms with E-state index in [-0.39, 0.29) is 17.2 Å². The Morgan fingerprint density at radius 3 is 2.93 bits per heavy atom. The summed E-state index contributed by atoms with van der Waals surface area (Å²) < 4.78 is 5.10. The fraction of sp³-hybridized carbons (Fsp3) is 0.350. The first kappa shape index (κ1) is 19.0. The molecule has 2 heterocycles. The topological polar surface area (TPSA) is 84.1 Å². The number of rotatable bonds is 5. The van der Waals surface area contributed by atoms with Crippen LogP contribution in [0.4, 0.5) is 5.69 Å². The van der Waals surface area contributed by atoms with E-state index in [1.165, 1.54) is 22.2 Å². The first-order valence-corrected chi connectivity index (χ1v) is 10.9. The lowest BCUT2D eigenvalue weighted by molar-refractivity contribution is -0.113. The van der Waals surface area contributed by atoms with E-state index >= 15 is 0 Å². The number of nitrogens with zero attached hydrogens (tertiary/aromatic N) is 1. The number of H-pyrrole nitrogens is 1. The van der Waals surface area contributed by atoms with Gasteiger partial charge in [-0.1, -0.05) is 18.7 Å². The number of ether oxygens (including phenoxy) is 1. The van der Waals surface area contributed by atoms with Crippen LogP contribution in [0.3, 0.4) is 0 Å². The van der Waals surface area contributed by atoms with Crippen LogP contribution in [0.2, 0.25) is 0 Å². The second kappa shape index (κ2) is 7.97. The molecule has 0 saturated carbocycles. The molecule has 3 aromatic rings. The van der Waals surface area contributed by atoms with Crippen molar-refractivity contribution in [1.29, 1.82) is 0 Å². The average molecular weight is 416 g/mol. The summed E-state index contributed by atoms with van der Waals surface area (Å²) in [7, 11) is 1.60. The van der Waals surface area contributed by atoms with E-state index in [0.717, 1.165) is 35.2 Å². The van der Waals surface area contributed by atoms with E-state index in [1.807, 2.05) is 0 Å². The summed E-state index contributed by atoms with van der Waals surface area (Å²) >= 11 is 2.85. The van der Waals surface area contributed by atoms with Crippen LogP contribution in [0.15, 0.2) is 34.2 Å². The molecule has 8 heteroatoms. The standard InChI is InChI=1S/C20H21N3O3S2/c1-11-3-8-14-15(9-11)28-19-17(14)18(25)22-20(23-19)27-10-16(24)21-12-4-6-13(26-2)7-5-12/h4-7,11H,3,8-10H2,1-2H3,(H,21,24)(H,22,23,25). The van der Waals surface area contributed by atoms with Gasteiger partial charge in [0.15, 0.2) is 5.16 Å². The van der Waals surface area contributed by atoms with Crippen LogP contribution >= 0.6 is 23.1 Å². The second-order valence-electron chi connectivity index (χ2n) is 6.97. The molecule has 4 rings (SSSR count). The highest BCUT2D eigenvalue weighted by molar-refractivity contribution is 7.99. The minimum atomic E-state index is -0.155. The fourth-order valence-electron chi connectivity index (χ4n) is 3.40. The first-order valence-electron chi connectivity index (χ1n) is 9.14. The highest BCUT2D eigenvalue weighted by Crippen LogP contribution is 2.36. The van der Waals surface area contributed by atoms with E-state index in [2.05, 4.69) is 22.2 Å². The smallest absolute Gasteiger partial charge is 0.260 e. The van der Waals surface area contributed by atoms with Gasteiger partial charge in [0.1, 0.15) is 10.6 Å². The van der Waals surface area contributed by atoms with Crippen molar-refractivity contribution < 1.29 is 9.53 Å². The number of anilines is 1. The van der Waals surface area contributed by atoms with Gasteiger partial charge in [-0.05, 0) is 55.0 Å². The number of carbonyl (C=O) groups excluding carboxylic acids is 1. The van der Waals surface area contributed by atoms with Gasteiger partial charge in [0, 0.05) is 10.6 Å². The molecular formula is C20H21N3O3S2. The maximum Gasteiger partial charge on any atom is 0.260 e. The maximum absolute atomic E-state index is 12.6. The van der Waals surface area contributed by atoms with E-state index in [4.69, 9.17) is 4.74 Å². The molecule has 6 nitrogen and oxygen atoms in total. The van der Waals surface area contributed by atoms with Gasteiger partial charge in [-0.15, -0.1) is 11.3 Å². The summed E-state index contributed by atoms with van der Waals surface area (Å²) in [4.78, 5) is 34.3. The Morgan fingerprint density at radius 1 is 1.39 bits per heavy atom. The van der Waals surface area contributed by atoms with Crippen LogP contribution in [0.25, 0.3) is 10.2 Å². The van der Waals surface area contributed by atoms with Crippen molar-refractivity contribution in [2.24, 2.45) is 5.92 Å². The minimum absolute atomic E-state index is 0.102. The van der Waals surface area contributed by atoms with Crippen LogP contribution in [-0.4, -0.2) is 28.7 Å². The number of carbonyl (C=O) groups is 1. The van der Waals surface area contributed by atoms with Crippen molar-refractivity contribution in [3.05, 3.63) is 45.1 Å². The highest BCUT2D eigenvalue weighted by Gasteiger charge is 2.23. The van der Waals surface area contributed by atoms with Crippen LogP contribution < -0.4 is 15.6 Å². The third kappa shape index (κ3) is 3.93. The van der Waals surface area contributed by atoms with Gasteiger partial charge in [-0.3, -0.25) is 9.59 Å². The van der Waals surface area contributed by atoms with Gasteiger partial charge in [0.05, 0.1) is 18.2 Å². The molecule has 1 aromatic carbocycles. The number of aromatic amines is 1. The predicted molar refractivity (Wildman–Crippen MR) is 114 cm³/mol. The first-order chi connectivity index (χ1) is 13.5. The lowest BCUT2D eigenvalue weighted by Gasteiger charge is -2.17. The number of hydrogen-bond acceptors (Lipinski definition) is 6. The van der Waals surface area contributed by atoms with Crippen molar-refractivity contribution >= 4 is 44.9 Å². The Bertz CT molecular complexity index is 1070. The number of fused-ring (bicyclic) bond motifs is 3. The molecule has 1 aliphatic rings. The number of amides is 1. The Hall–Kier alpha value is -2.32. The number of benzene rings is 1. The number of aromatic nitrogens is 2. The van der Waals surface area contributed by atoms with E-state index in [0.29, 0.717) is 16.8 Å². The summed E-state index contributed by atoms with van der Waals surface area (Å²) in [6.45, 7) is 2.24. The molecule has 0 radical (unpaired) electrons. The molecule has 0 fully saturated rings. The summed E-state index contributed by atoms with van der Waals surface area (Å²) in [6.07, 6.45) is 3.07. The Balaban J connectivity index is 1.46. The SMILES string of the molecule is COc1ccc(NC(=O)CSc2nc3sc4c(c3c(=O)[nH]2)CCC(C)C4)cc1. The van der Waals surface area contributed by atoms with Crippen molar-refractivity contribution in [3.63, 3.8) is 0 Å². The average Bonchev–Trinajstić information content (AvgIpc) is 3.04. The van der Waals surface area contributed by atoms with Gasteiger partial charge in [-0.25, -0.2) is 4.98 Å². The fourth-order valence-corrected chi connectivity index (χ4v) is 5.50. The van der Waals surface area contributed by atoms with Crippen molar-refractivity contribution in [1.82, 2.24) is 9.97 Å². The number of methoxy groups -OCH3 is 1. The molecule has 1 aliphatic carbocycles. The quantitative estimate of drug-likeness (QED) is 0.488. The van der Waals surface area contributed by atoms with Crippen molar-refractivity contribution in [3.8, 4) is 5.75 Å². The number of thiophene rings is 1. The lowest BCUT2D eigenvalue weighted by Crippen LogP contribution is -2.16. The third-order valence-electron chi connectivity index (χ3n) is 4.86. The molecule has 146 valence electrons. The van der Waals surface area contributed by atoms with Crippen LogP contribution in [0.5, 0.6) is 5.75 Å². The molecule has 2 aromatic heterocycles. The van der Waals surface area contributed by atoms with Gasteiger partial charge >= 0.3 is 0 Å². The van der Waals surface area contributed by atoms with E-state index in [1.54, 1.807) is 42.7 Å². The van der Waals surface area contributed by atoms with E-state index < -0.39 is 0 Å². The van der Waals surface area contributed by atoms with Gasteiger partial charge < -0.3 is 15.0 Å². The minimum Gasteiger partial charge on any atom is -0.497 e. The summed E-state index contributed by atoms with van der Waals surface area (Å²) in [5.41, 5.74) is 1.76. The highest BCUT2D eigenvalue weighted by atomic mass is 32.2. The summed E-state index contributed by atoms with van der Waals surface area (Å²) in [5.74, 6) is 1.39. The van der Waals surface area contributed by atoms with Crippen LogP contribution in [0, 0.1) is 5.92 Å². The Labute approximate surface area is 170 Å². The Morgan fingerprint density at radius 2 is 2.18 bits per heavy atom. The molecule has 2 N–H and O–H groups in total. The van der Waals surface area contributed by atoms with Crippen molar-refractivity contribution in [2.75, 3.05) is 18.2 Å². The number of aryl methyl sites for hydroxylation is 1. The number of nitrogens with one attached hydrogen (secondary N) is 2. The van der Waals surface area contributed by atoms with Crippen LogP contribution in [-0.2, 0) is 17.6 Å². The largest absolute Gasteiger partial charge is 0.497 e. The molecule has 0 spiro atoms. The molecule has 1 unspecified atom stereocenters. The normalized spacial score (nSPS) is 16.0. The molecule has 1 atom stereocenters. The molecular weight excluding hydrogens is 394 g/mol. The summed E-state index contributed by atoms with van der Waals surface area (Å²) in [5, 5.41) is 4.04. The molecule has 1 amide bonds. The lowest BCUT2D eigenvalue weighted by atomic mass is 9.89. The number of thioether (sulfide) groups is 1. The van der Waals surface area contributed by atoms with Gasteiger partial charge in [0.2, 0.25) is 5.91 Å². The molecule has 0 aliphatic heterocycles. The zero-order chi connectivity index (χ0) is 19.7. The zero-order valence-electron chi connectivity index (χ0n) is 15.7. The van der Waals surface area contributed by atoms with E-state index in [9.17, 15) is 9.59 Å². The monoisotopic (exact) mass is 415 g/mol. The van der Waals surface area contributed by atoms with Gasteiger partial charge in [0.25, 0.3) is 5.56 Å². The second-order valence-corrected chi connectivity index (χ2v) is 9.02. The van der Waals surface area contributed by atoms with Crippen LogP contribution in [0.1, 0.15) is 23.8 Å². The summed E-state index contributed by atoms with van der Waals surface area (Å²) in [6, 6.07) is 7.14. The number of hydrogen-bond donors (Lipinski definition) is 2. The zero-order valence-corrected chi connectivity index (χ0v) is 17.3. The Kier molecular flexibility index (Phi) is 5.41.